The molecule has 0 saturated carbocycles. The van der Waals surface area contributed by atoms with Crippen LogP contribution in [-0.2, 0) is 4.74 Å². The van der Waals surface area contributed by atoms with Crippen LogP contribution in [0.1, 0.15) is 22.6 Å². The Bertz CT molecular complexity index is 1080. The third-order valence-corrected chi connectivity index (χ3v) is 5.10. The molecule has 0 unspecified atom stereocenters. The van der Waals surface area contributed by atoms with Crippen LogP contribution in [0.3, 0.4) is 0 Å². The first-order valence-electron chi connectivity index (χ1n) is 9.48. The van der Waals surface area contributed by atoms with Crippen molar-refractivity contribution < 1.29 is 23.4 Å². The monoisotopic (exact) mass is 407 g/mol. The minimum atomic E-state index is -1.30. The van der Waals surface area contributed by atoms with Crippen molar-refractivity contribution in [2.24, 2.45) is 0 Å². The highest BCUT2D eigenvalue weighted by Gasteiger charge is 2.28. The van der Waals surface area contributed by atoms with Gasteiger partial charge in [0, 0.05) is 18.0 Å². The highest BCUT2D eigenvalue weighted by atomic mass is 19.2. The summed E-state index contributed by atoms with van der Waals surface area (Å²) in [4.78, 5) is 12.1. The molecule has 0 aliphatic heterocycles. The molecule has 0 atom stereocenters. The molecule has 0 bridgehead atoms. The molecule has 0 fully saturated rings. The number of hydrogen-bond donors (Lipinski definition) is 2. The molecule has 2 N–H and O–H groups in total. The average molecular weight is 407 g/mol. The predicted octanol–water partition coefficient (Wildman–Crippen LogP) is 5.22. The Morgan fingerprint density at radius 2 is 1.60 bits per heavy atom. The number of nitrogens with one attached hydrogen (secondary N) is 1. The van der Waals surface area contributed by atoms with E-state index in [4.69, 9.17) is 9.84 Å². The second kappa shape index (κ2) is 8.37. The van der Waals surface area contributed by atoms with Crippen molar-refractivity contribution >= 4 is 12.2 Å². The van der Waals surface area contributed by atoms with Crippen LogP contribution in [0.4, 0.5) is 13.6 Å². The molecule has 3 aromatic rings. The molecule has 6 heteroatoms. The number of alkyl carbamates (subject to hydrolysis) is 1. The molecule has 1 aliphatic carbocycles. The van der Waals surface area contributed by atoms with Crippen molar-refractivity contribution in [2.75, 3.05) is 13.2 Å². The Kier molecular flexibility index (Phi) is 5.48. The van der Waals surface area contributed by atoms with Crippen molar-refractivity contribution in [1.29, 1.82) is 0 Å². The molecular weight excluding hydrogens is 388 g/mol. The van der Waals surface area contributed by atoms with E-state index in [1.165, 1.54) is 18.2 Å². The summed E-state index contributed by atoms with van der Waals surface area (Å²) in [6, 6.07) is 18.4. The van der Waals surface area contributed by atoms with Gasteiger partial charge in [0.2, 0.25) is 5.82 Å². The maximum absolute atomic E-state index is 13.7. The Morgan fingerprint density at radius 3 is 2.27 bits per heavy atom. The number of fused-ring (bicyclic) bond motifs is 3. The fourth-order valence-corrected chi connectivity index (χ4v) is 3.66. The number of benzene rings is 3. The molecular formula is C24H19F2NO3. The highest BCUT2D eigenvalue weighted by molar-refractivity contribution is 5.79. The SMILES string of the molecule is O=C(NCC=Cc1ccc(O)c(F)c1F)OCC1c2ccccc2-c2ccccc21. The van der Waals surface area contributed by atoms with Gasteiger partial charge in [-0.05, 0) is 34.4 Å². The van der Waals surface area contributed by atoms with Crippen molar-refractivity contribution in [3.05, 3.63) is 95.1 Å². The third-order valence-electron chi connectivity index (χ3n) is 5.10. The summed E-state index contributed by atoms with van der Waals surface area (Å²) in [7, 11) is 0. The first-order chi connectivity index (χ1) is 14.6. The van der Waals surface area contributed by atoms with Gasteiger partial charge in [-0.3, -0.25) is 0 Å². The number of hydrogen-bond acceptors (Lipinski definition) is 3. The summed E-state index contributed by atoms with van der Waals surface area (Å²) in [5, 5.41) is 11.7. The van der Waals surface area contributed by atoms with Gasteiger partial charge in [0.15, 0.2) is 11.6 Å². The number of carbonyl (C=O) groups is 1. The lowest BCUT2D eigenvalue weighted by atomic mass is 9.98. The van der Waals surface area contributed by atoms with E-state index >= 15 is 0 Å². The summed E-state index contributed by atoms with van der Waals surface area (Å²) < 4.78 is 32.4. The van der Waals surface area contributed by atoms with Crippen LogP contribution >= 0.6 is 0 Å². The predicted molar refractivity (Wildman–Crippen MR) is 110 cm³/mol. The number of phenols is 1. The molecule has 4 rings (SSSR count). The fourth-order valence-electron chi connectivity index (χ4n) is 3.66. The number of amides is 1. The molecule has 30 heavy (non-hydrogen) atoms. The highest BCUT2D eigenvalue weighted by Crippen LogP contribution is 2.44. The summed E-state index contributed by atoms with van der Waals surface area (Å²) in [6.45, 7) is 0.278. The summed E-state index contributed by atoms with van der Waals surface area (Å²) in [5.74, 6) is -3.23. The third kappa shape index (κ3) is 3.76. The number of aromatic hydroxyl groups is 1. The van der Waals surface area contributed by atoms with Crippen LogP contribution in [0.5, 0.6) is 5.75 Å². The van der Waals surface area contributed by atoms with Crippen LogP contribution in [0.15, 0.2) is 66.7 Å². The van der Waals surface area contributed by atoms with Gasteiger partial charge in [-0.15, -0.1) is 0 Å². The molecule has 0 radical (unpaired) electrons. The van der Waals surface area contributed by atoms with Crippen LogP contribution in [0, 0.1) is 11.6 Å². The van der Waals surface area contributed by atoms with Crippen molar-refractivity contribution in [1.82, 2.24) is 5.32 Å². The zero-order valence-electron chi connectivity index (χ0n) is 15.9. The van der Waals surface area contributed by atoms with Crippen molar-refractivity contribution in [3.8, 4) is 16.9 Å². The minimum Gasteiger partial charge on any atom is -0.505 e. The molecule has 0 heterocycles. The zero-order chi connectivity index (χ0) is 21.1. The molecule has 1 aliphatic rings. The minimum absolute atomic E-state index is 0.0281. The van der Waals surface area contributed by atoms with Crippen LogP contribution in [-0.4, -0.2) is 24.4 Å². The largest absolute Gasteiger partial charge is 0.505 e. The number of rotatable bonds is 5. The molecule has 1 amide bonds. The molecule has 0 aromatic heterocycles. The van der Waals surface area contributed by atoms with E-state index in [0.717, 1.165) is 28.3 Å². The lowest BCUT2D eigenvalue weighted by molar-refractivity contribution is 0.144. The second-order valence-corrected chi connectivity index (χ2v) is 6.91. The Balaban J connectivity index is 1.34. The summed E-state index contributed by atoms with van der Waals surface area (Å²) in [6.07, 6.45) is 2.19. The van der Waals surface area contributed by atoms with Crippen LogP contribution < -0.4 is 5.32 Å². The standard InChI is InChI=1S/C24H19F2NO3/c25-22-15(11-12-21(28)23(22)26)6-5-13-27-24(29)30-14-20-18-9-3-1-7-16(18)17-8-2-4-10-19(17)20/h1-12,20,28H,13-14H2,(H,27,29). The van der Waals surface area contributed by atoms with E-state index in [9.17, 15) is 13.6 Å². The fraction of sp³-hybridized carbons (Fsp3) is 0.125. The van der Waals surface area contributed by atoms with Gasteiger partial charge in [-0.25, -0.2) is 9.18 Å². The summed E-state index contributed by atoms with van der Waals surface area (Å²) >= 11 is 0. The number of carbonyl (C=O) groups excluding carboxylic acids is 1. The van der Waals surface area contributed by atoms with E-state index in [-0.39, 0.29) is 24.6 Å². The van der Waals surface area contributed by atoms with E-state index in [1.807, 2.05) is 36.4 Å². The zero-order valence-corrected chi connectivity index (χ0v) is 15.9. The van der Waals surface area contributed by atoms with Gasteiger partial charge < -0.3 is 15.2 Å². The lowest BCUT2D eigenvalue weighted by Gasteiger charge is -2.14. The Hall–Kier alpha value is -3.67. The van der Waals surface area contributed by atoms with Crippen LogP contribution in [0.25, 0.3) is 17.2 Å². The first kappa shape index (κ1) is 19.6. The molecule has 0 spiro atoms. The molecule has 3 aromatic carbocycles. The van der Waals surface area contributed by atoms with Gasteiger partial charge in [0.1, 0.15) is 6.61 Å². The van der Waals surface area contributed by atoms with Crippen LogP contribution in [0.2, 0.25) is 0 Å². The van der Waals surface area contributed by atoms with Crippen molar-refractivity contribution in [3.63, 3.8) is 0 Å². The van der Waals surface area contributed by atoms with E-state index in [2.05, 4.69) is 17.4 Å². The summed E-state index contributed by atoms with van der Waals surface area (Å²) in [5.41, 5.74) is 4.51. The molecule has 152 valence electrons. The van der Waals surface area contributed by atoms with Gasteiger partial charge in [-0.2, -0.15) is 4.39 Å². The maximum Gasteiger partial charge on any atom is 0.407 e. The van der Waals surface area contributed by atoms with Gasteiger partial charge in [0.25, 0.3) is 0 Å². The number of halogens is 2. The average Bonchev–Trinajstić information content (AvgIpc) is 3.09. The topological polar surface area (TPSA) is 58.6 Å². The first-order valence-corrected chi connectivity index (χ1v) is 9.48. The number of ether oxygens (including phenoxy) is 1. The normalized spacial score (nSPS) is 12.6. The van der Waals surface area contributed by atoms with Gasteiger partial charge in [-0.1, -0.05) is 60.7 Å². The van der Waals surface area contributed by atoms with E-state index in [0.29, 0.717) is 0 Å². The molecule has 4 nitrogen and oxygen atoms in total. The number of phenolic OH excluding ortho intramolecular Hbond substituents is 1. The van der Waals surface area contributed by atoms with E-state index < -0.39 is 23.5 Å². The van der Waals surface area contributed by atoms with Crippen molar-refractivity contribution in [2.45, 2.75) is 5.92 Å². The Morgan fingerprint density at radius 1 is 0.967 bits per heavy atom. The maximum atomic E-state index is 13.7. The lowest BCUT2D eigenvalue weighted by Crippen LogP contribution is -2.26. The smallest absolute Gasteiger partial charge is 0.407 e. The quantitative estimate of drug-likeness (QED) is 0.610. The van der Waals surface area contributed by atoms with E-state index in [1.54, 1.807) is 0 Å². The molecule has 0 saturated heterocycles. The Labute approximate surface area is 172 Å². The van der Waals surface area contributed by atoms with Gasteiger partial charge >= 0.3 is 6.09 Å². The second-order valence-electron chi connectivity index (χ2n) is 6.91. The van der Waals surface area contributed by atoms with Gasteiger partial charge in [0.05, 0.1) is 0 Å².